The maximum Gasteiger partial charge on any atom is 0.166 e. The number of nitrogens with one attached hydrogen (secondary N) is 2. The molecule has 0 aliphatic heterocycles. The molecule has 0 heterocycles. The van der Waals surface area contributed by atoms with Gasteiger partial charge in [0.25, 0.3) is 0 Å². The molecule has 1 saturated carbocycles. The summed E-state index contributed by atoms with van der Waals surface area (Å²) in [6, 6.07) is 0.495. The van der Waals surface area contributed by atoms with Crippen molar-refractivity contribution in [2.75, 3.05) is 6.61 Å². The zero-order valence-corrected chi connectivity index (χ0v) is 11.4. The van der Waals surface area contributed by atoms with Gasteiger partial charge in [-0.15, -0.1) is 0 Å². The Kier molecular flexibility index (Phi) is 3.73. The molecule has 2 aliphatic rings. The molecule has 0 aromatic rings. The van der Waals surface area contributed by atoms with Crippen LogP contribution in [0.15, 0.2) is 12.2 Å². The Hall–Kier alpha value is -0.610. The van der Waals surface area contributed by atoms with Crippen molar-refractivity contribution in [1.29, 1.82) is 0 Å². The van der Waals surface area contributed by atoms with Crippen LogP contribution in [0.2, 0.25) is 0 Å². The molecule has 17 heavy (non-hydrogen) atoms. The zero-order valence-electron chi connectivity index (χ0n) is 10.6. The van der Waals surface area contributed by atoms with Gasteiger partial charge in [-0.25, -0.2) is 0 Å². The van der Waals surface area contributed by atoms with Crippen molar-refractivity contribution in [2.45, 2.75) is 44.7 Å². The van der Waals surface area contributed by atoms with E-state index in [1.165, 1.54) is 12.8 Å². The largest absolute Gasteiger partial charge is 0.396 e. The average molecular weight is 254 g/mol. The molecule has 0 radical (unpaired) electrons. The highest BCUT2D eigenvalue weighted by atomic mass is 32.1. The SMILES string of the molecule is CC(C)(CCO)NC(=S)N[C@H]1C[C@@H]2C=C[C@H]1C2. The summed E-state index contributed by atoms with van der Waals surface area (Å²) in [7, 11) is 0. The van der Waals surface area contributed by atoms with Crippen molar-refractivity contribution in [3.05, 3.63) is 12.2 Å². The second-order valence-electron chi connectivity index (χ2n) is 5.84. The van der Waals surface area contributed by atoms with Gasteiger partial charge in [0.05, 0.1) is 0 Å². The lowest BCUT2D eigenvalue weighted by Gasteiger charge is -2.30. The number of aliphatic hydroxyl groups excluding tert-OH is 1. The summed E-state index contributed by atoms with van der Waals surface area (Å²) >= 11 is 5.34. The fourth-order valence-electron chi connectivity index (χ4n) is 2.80. The van der Waals surface area contributed by atoms with Crippen molar-refractivity contribution in [1.82, 2.24) is 10.6 Å². The average Bonchev–Trinajstić information content (AvgIpc) is 2.77. The molecule has 0 saturated heterocycles. The molecule has 0 amide bonds. The van der Waals surface area contributed by atoms with E-state index in [1.54, 1.807) is 0 Å². The van der Waals surface area contributed by atoms with E-state index in [0.29, 0.717) is 18.4 Å². The quantitative estimate of drug-likeness (QED) is 0.526. The first-order valence-corrected chi connectivity index (χ1v) is 6.79. The number of thiocarbonyl (C=S) groups is 1. The Morgan fingerprint density at radius 1 is 1.41 bits per heavy atom. The van der Waals surface area contributed by atoms with E-state index >= 15 is 0 Å². The first kappa shape index (κ1) is 12.8. The van der Waals surface area contributed by atoms with Crippen LogP contribution < -0.4 is 10.6 Å². The van der Waals surface area contributed by atoms with Crippen molar-refractivity contribution in [2.24, 2.45) is 11.8 Å². The van der Waals surface area contributed by atoms with Gasteiger partial charge in [-0.2, -0.15) is 0 Å². The molecule has 3 N–H and O–H groups in total. The van der Waals surface area contributed by atoms with Gasteiger partial charge in [-0.05, 0) is 57.2 Å². The molecule has 2 rings (SSSR count). The molecule has 0 spiro atoms. The predicted octanol–water partition coefficient (Wildman–Crippen LogP) is 1.58. The maximum atomic E-state index is 8.97. The molecule has 3 atom stereocenters. The molecular weight excluding hydrogens is 232 g/mol. The summed E-state index contributed by atoms with van der Waals surface area (Å²) in [4.78, 5) is 0. The molecule has 2 bridgehead atoms. The van der Waals surface area contributed by atoms with Crippen LogP contribution in [0.25, 0.3) is 0 Å². The second-order valence-corrected chi connectivity index (χ2v) is 6.25. The standard InChI is InChI=1S/C13H22N2OS/c1-13(2,5-6-16)15-12(17)14-11-8-9-3-4-10(11)7-9/h3-4,9-11,16H,5-8H2,1-2H3,(H2,14,15,17)/t9-,10+,11+/m1/s1. The van der Waals surface area contributed by atoms with Gasteiger partial charge >= 0.3 is 0 Å². The van der Waals surface area contributed by atoms with Gasteiger partial charge in [0.2, 0.25) is 0 Å². The van der Waals surface area contributed by atoms with Gasteiger partial charge in [0.15, 0.2) is 5.11 Å². The van der Waals surface area contributed by atoms with E-state index in [9.17, 15) is 0 Å². The summed E-state index contributed by atoms with van der Waals surface area (Å²) in [5.74, 6) is 1.41. The van der Waals surface area contributed by atoms with E-state index in [1.807, 2.05) is 0 Å². The number of hydrogen-bond donors (Lipinski definition) is 3. The fourth-order valence-corrected chi connectivity index (χ4v) is 3.23. The monoisotopic (exact) mass is 254 g/mol. The Labute approximate surface area is 109 Å². The zero-order chi connectivity index (χ0) is 12.5. The third-order valence-corrected chi connectivity index (χ3v) is 4.00. The van der Waals surface area contributed by atoms with Crippen LogP contribution in [0.1, 0.15) is 33.1 Å². The fraction of sp³-hybridized carbons (Fsp3) is 0.769. The molecule has 96 valence electrons. The third kappa shape index (κ3) is 3.19. The van der Waals surface area contributed by atoms with Gasteiger partial charge in [0.1, 0.15) is 0 Å². The Morgan fingerprint density at radius 3 is 2.71 bits per heavy atom. The van der Waals surface area contributed by atoms with Gasteiger partial charge in [0, 0.05) is 18.2 Å². The van der Waals surface area contributed by atoms with Crippen LogP contribution in [-0.4, -0.2) is 28.4 Å². The van der Waals surface area contributed by atoms with Crippen molar-refractivity contribution in [3.63, 3.8) is 0 Å². The first-order valence-electron chi connectivity index (χ1n) is 6.38. The van der Waals surface area contributed by atoms with E-state index in [-0.39, 0.29) is 12.1 Å². The lowest BCUT2D eigenvalue weighted by Crippen LogP contribution is -2.51. The van der Waals surface area contributed by atoms with Crippen LogP contribution >= 0.6 is 12.2 Å². The normalized spacial score (nSPS) is 30.6. The summed E-state index contributed by atoms with van der Waals surface area (Å²) < 4.78 is 0. The molecule has 1 fully saturated rings. The number of aliphatic hydroxyl groups is 1. The van der Waals surface area contributed by atoms with Gasteiger partial charge < -0.3 is 15.7 Å². The van der Waals surface area contributed by atoms with E-state index in [4.69, 9.17) is 17.3 Å². The first-order chi connectivity index (χ1) is 8.00. The lowest BCUT2D eigenvalue weighted by atomic mass is 10.0. The predicted molar refractivity (Wildman–Crippen MR) is 73.8 cm³/mol. The summed E-state index contributed by atoms with van der Waals surface area (Å²) in [5.41, 5.74) is -0.147. The molecule has 4 heteroatoms. The van der Waals surface area contributed by atoms with Crippen LogP contribution in [0.4, 0.5) is 0 Å². The summed E-state index contributed by atoms with van der Waals surface area (Å²) in [5, 5.41) is 16.4. The molecule has 0 unspecified atom stereocenters. The maximum absolute atomic E-state index is 8.97. The lowest BCUT2D eigenvalue weighted by molar-refractivity contribution is 0.244. The van der Waals surface area contributed by atoms with E-state index in [2.05, 4.69) is 36.6 Å². The smallest absolute Gasteiger partial charge is 0.166 e. The molecular formula is C13H22N2OS. The number of allylic oxidation sites excluding steroid dienone is 1. The third-order valence-electron chi connectivity index (χ3n) is 3.78. The minimum absolute atomic E-state index is 0.147. The molecule has 0 aromatic carbocycles. The van der Waals surface area contributed by atoms with Crippen molar-refractivity contribution in [3.8, 4) is 0 Å². The number of fused-ring (bicyclic) bond motifs is 2. The minimum atomic E-state index is -0.147. The molecule has 2 aliphatic carbocycles. The highest BCUT2D eigenvalue weighted by Gasteiger charge is 2.36. The van der Waals surface area contributed by atoms with Gasteiger partial charge in [-0.3, -0.25) is 0 Å². The highest BCUT2D eigenvalue weighted by molar-refractivity contribution is 7.80. The molecule has 0 aromatic heterocycles. The van der Waals surface area contributed by atoms with Crippen LogP contribution in [0.5, 0.6) is 0 Å². The Bertz CT molecular complexity index is 327. The number of hydrogen-bond acceptors (Lipinski definition) is 2. The number of rotatable bonds is 4. The highest BCUT2D eigenvalue weighted by Crippen LogP contribution is 2.38. The van der Waals surface area contributed by atoms with Gasteiger partial charge in [-0.1, -0.05) is 12.2 Å². The van der Waals surface area contributed by atoms with Crippen molar-refractivity contribution < 1.29 is 5.11 Å². The van der Waals surface area contributed by atoms with Crippen LogP contribution in [-0.2, 0) is 0 Å². The Balaban J connectivity index is 1.80. The Morgan fingerprint density at radius 2 is 2.18 bits per heavy atom. The van der Waals surface area contributed by atoms with E-state index in [0.717, 1.165) is 11.0 Å². The van der Waals surface area contributed by atoms with Crippen molar-refractivity contribution >= 4 is 17.3 Å². The summed E-state index contributed by atoms with van der Waals surface area (Å²) in [6.45, 7) is 4.29. The second kappa shape index (κ2) is 4.94. The topological polar surface area (TPSA) is 44.3 Å². The van der Waals surface area contributed by atoms with E-state index < -0.39 is 0 Å². The summed E-state index contributed by atoms with van der Waals surface area (Å²) in [6.07, 6.45) is 7.82. The minimum Gasteiger partial charge on any atom is -0.396 e. The van der Waals surface area contributed by atoms with Crippen LogP contribution in [0.3, 0.4) is 0 Å². The molecule has 3 nitrogen and oxygen atoms in total. The van der Waals surface area contributed by atoms with Crippen LogP contribution in [0, 0.1) is 11.8 Å².